The molecular weight excluding hydrogens is 335 g/mol. The van der Waals surface area contributed by atoms with Crippen molar-refractivity contribution < 1.29 is 9.13 Å². The first-order valence-corrected chi connectivity index (χ1v) is 7.41. The maximum atomic E-state index is 14.5. The molecule has 0 saturated heterocycles. The molecule has 0 aliphatic rings. The van der Waals surface area contributed by atoms with Gasteiger partial charge in [0.2, 0.25) is 0 Å². The summed E-state index contributed by atoms with van der Waals surface area (Å²) in [6.07, 6.45) is 0. The number of hydrogen-bond donors (Lipinski definition) is 3. The highest BCUT2D eigenvalue weighted by molar-refractivity contribution is 6.32. The number of benzene rings is 2. The Labute approximate surface area is 141 Å². The third kappa shape index (κ3) is 2.85. The van der Waals surface area contributed by atoms with Gasteiger partial charge in [-0.15, -0.1) is 0 Å². The van der Waals surface area contributed by atoms with E-state index in [0.717, 1.165) is 11.3 Å². The molecule has 1 aromatic heterocycles. The van der Waals surface area contributed by atoms with E-state index >= 15 is 0 Å². The molecule has 0 aliphatic heterocycles. The van der Waals surface area contributed by atoms with Crippen molar-refractivity contribution >= 4 is 33.9 Å². The highest BCUT2D eigenvalue weighted by atomic mass is 35.5. The Balaban J connectivity index is 2.03. The summed E-state index contributed by atoms with van der Waals surface area (Å²) >= 11 is 5.89. The number of anilines is 2. The molecule has 0 aliphatic carbocycles. The molecule has 4 N–H and O–H groups in total. The SMILES string of the molecule is COc1ccc(CNc2c(F)c(Cl)cc3c(=O)[nH]nc(N)c23)cc1. The first-order valence-electron chi connectivity index (χ1n) is 7.04. The van der Waals surface area contributed by atoms with Gasteiger partial charge >= 0.3 is 0 Å². The molecule has 0 spiro atoms. The third-order valence-electron chi connectivity index (χ3n) is 3.63. The Morgan fingerprint density at radius 3 is 2.75 bits per heavy atom. The Morgan fingerprint density at radius 2 is 2.08 bits per heavy atom. The fourth-order valence-corrected chi connectivity index (χ4v) is 2.60. The molecule has 0 unspecified atom stereocenters. The van der Waals surface area contributed by atoms with Crippen molar-refractivity contribution in [2.75, 3.05) is 18.2 Å². The number of hydrogen-bond acceptors (Lipinski definition) is 5. The number of halogens is 2. The van der Waals surface area contributed by atoms with Crippen molar-refractivity contribution in [2.45, 2.75) is 6.54 Å². The molecule has 24 heavy (non-hydrogen) atoms. The van der Waals surface area contributed by atoms with Gasteiger partial charge in [0.15, 0.2) is 11.6 Å². The fourth-order valence-electron chi connectivity index (χ4n) is 2.40. The zero-order valence-electron chi connectivity index (χ0n) is 12.7. The van der Waals surface area contributed by atoms with Gasteiger partial charge in [0, 0.05) is 6.54 Å². The van der Waals surface area contributed by atoms with Crippen LogP contribution in [0, 0.1) is 5.82 Å². The highest BCUT2D eigenvalue weighted by Gasteiger charge is 2.17. The summed E-state index contributed by atoms with van der Waals surface area (Å²) in [5.74, 6) is 0.0484. The van der Waals surface area contributed by atoms with E-state index < -0.39 is 11.4 Å². The van der Waals surface area contributed by atoms with Gasteiger partial charge in [-0.1, -0.05) is 23.7 Å². The van der Waals surface area contributed by atoms with Gasteiger partial charge in [-0.2, -0.15) is 5.10 Å². The van der Waals surface area contributed by atoms with Crippen molar-refractivity contribution in [2.24, 2.45) is 0 Å². The third-order valence-corrected chi connectivity index (χ3v) is 3.90. The van der Waals surface area contributed by atoms with Crippen LogP contribution in [0.3, 0.4) is 0 Å². The molecule has 0 fully saturated rings. The van der Waals surface area contributed by atoms with Crippen LogP contribution >= 0.6 is 11.6 Å². The second-order valence-corrected chi connectivity index (χ2v) is 5.52. The minimum atomic E-state index is -0.684. The van der Waals surface area contributed by atoms with E-state index in [9.17, 15) is 9.18 Å². The number of nitrogens with two attached hydrogens (primary N) is 1. The average Bonchev–Trinajstić information content (AvgIpc) is 2.59. The van der Waals surface area contributed by atoms with Gasteiger partial charge in [0.25, 0.3) is 5.56 Å². The average molecular weight is 349 g/mol. The Kier molecular flexibility index (Phi) is 4.26. The molecule has 0 bridgehead atoms. The van der Waals surface area contributed by atoms with Gasteiger partial charge in [-0.05, 0) is 23.8 Å². The van der Waals surface area contributed by atoms with Crippen molar-refractivity contribution in [1.29, 1.82) is 0 Å². The van der Waals surface area contributed by atoms with Gasteiger partial charge in [-0.25, -0.2) is 9.49 Å². The smallest absolute Gasteiger partial charge is 0.272 e. The zero-order valence-corrected chi connectivity index (χ0v) is 13.4. The van der Waals surface area contributed by atoms with Crippen LogP contribution in [0.1, 0.15) is 5.56 Å². The monoisotopic (exact) mass is 348 g/mol. The molecule has 2 aromatic carbocycles. The molecule has 6 nitrogen and oxygen atoms in total. The normalized spacial score (nSPS) is 10.8. The van der Waals surface area contributed by atoms with Gasteiger partial charge < -0.3 is 15.8 Å². The summed E-state index contributed by atoms with van der Waals surface area (Å²) in [5.41, 5.74) is 6.25. The lowest BCUT2D eigenvalue weighted by Crippen LogP contribution is -2.13. The molecule has 0 saturated carbocycles. The number of nitrogens with one attached hydrogen (secondary N) is 2. The number of rotatable bonds is 4. The summed E-state index contributed by atoms with van der Waals surface area (Å²) < 4.78 is 19.5. The molecular formula is C16H14ClFN4O2. The predicted octanol–water partition coefficient (Wildman–Crippen LogP) is 2.92. The van der Waals surface area contributed by atoms with Crippen molar-refractivity contribution in [3.05, 3.63) is 57.1 Å². The van der Waals surface area contributed by atoms with E-state index in [1.807, 2.05) is 12.1 Å². The van der Waals surface area contributed by atoms with Crippen molar-refractivity contribution in [3.8, 4) is 5.75 Å². The zero-order chi connectivity index (χ0) is 17.3. The molecule has 0 radical (unpaired) electrons. The molecule has 124 valence electrons. The van der Waals surface area contributed by atoms with Crippen molar-refractivity contribution in [3.63, 3.8) is 0 Å². The Morgan fingerprint density at radius 1 is 1.38 bits per heavy atom. The minimum absolute atomic E-state index is 0.0115. The van der Waals surface area contributed by atoms with Gasteiger partial charge in [0.1, 0.15) is 5.75 Å². The number of H-pyrrole nitrogens is 1. The summed E-state index contributed by atoms with van der Waals surface area (Å²) in [5, 5.41) is 9.09. The minimum Gasteiger partial charge on any atom is -0.497 e. The molecule has 0 atom stereocenters. The first kappa shape index (κ1) is 16.1. The summed E-state index contributed by atoms with van der Waals surface area (Å²) in [6.45, 7) is 0.308. The number of nitrogens with zero attached hydrogens (tertiary/aromatic N) is 1. The number of nitrogen functional groups attached to an aromatic ring is 1. The Hall–Kier alpha value is -2.80. The summed E-state index contributed by atoms with van der Waals surface area (Å²) in [7, 11) is 1.58. The van der Waals surface area contributed by atoms with E-state index in [1.165, 1.54) is 6.07 Å². The summed E-state index contributed by atoms with van der Waals surface area (Å²) in [6, 6.07) is 8.51. The standard InChI is InChI=1S/C16H14ClFN4O2/c1-24-9-4-2-8(3-5-9)7-20-14-12-10(6-11(17)13(14)18)16(23)22-21-15(12)19/h2-6,20H,7H2,1H3,(H2,19,21)(H,22,23). The van der Waals surface area contributed by atoms with E-state index in [-0.39, 0.29) is 27.3 Å². The fraction of sp³-hybridized carbons (Fsp3) is 0.125. The van der Waals surface area contributed by atoms with Crippen LogP contribution in [0.5, 0.6) is 5.75 Å². The summed E-state index contributed by atoms with van der Waals surface area (Å²) in [4.78, 5) is 11.9. The predicted molar refractivity (Wildman–Crippen MR) is 92.1 cm³/mol. The van der Waals surface area contributed by atoms with Gasteiger partial charge in [-0.3, -0.25) is 4.79 Å². The van der Waals surface area contributed by atoms with Crippen LogP contribution in [0.15, 0.2) is 35.1 Å². The number of ether oxygens (including phenoxy) is 1. The maximum Gasteiger partial charge on any atom is 0.272 e. The quantitative estimate of drug-likeness (QED) is 0.674. The topological polar surface area (TPSA) is 93.0 Å². The van der Waals surface area contributed by atoms with E-state index in [4.69, 9.17) is 22.1 Å². The molecule has 0 amide bonds. The van der Waals surface area contributed by atoms with Gasteiger partial charge in [0.05, 0.1) is 28.6 Å². The number of aromatic amines is 1. The van der Waals surface area contributed by atoms with E-state index in [1.54, 1.807) is 19.2 Å². The highest BCUT2D eigenvalue weighted by Crippen LogP contribution is 2.33. The van der Waals surface area contributed by atoms with Crippen LogP contribution in [-0.4, -0.2) is 17.3 Å². The van der Waals surface area contributed by atoms with Crippen molar-refractivity contribution in [1.82, 2.24) is 10.2 Å². The number of fused-ring (bicyclic) bond motifs is 1. The number of aromatic nitrogens is 2. The van der Waals surface area contributed by atoms with E-state index in [2.05, 4.69) is 15.5 Å². The molecule has 1 heterocycles. The molecule has 8 heteroatoms. The van der Waals surface area contributed by atoms with Crippen LogP contribution in [0.25, 0.3) is 10.8 Å². The molecule has 3 aromatic rings. The largest absolute Gasteiger partial charge is 0.497 e. The Bertz CT molecular complexity index is 957. The van der Waals surface area contributed by atoms with Crippen LogP contribution in [-0.2, 0) is 6.54 Å². The lowest BCUT2D eigenvalue weighted by Gasteiger charge is -2.13. The molecule has 3 rings (SSSR count). The van der Waals surface area contributed by atoms with Crippen LogP contribution < -0.4 is 21.3 Å². The number of methoxy groups -OCH3 is 1. The van der Waals surface area contributed by atoms with Crippen LogP contribution in [0.4, 0.5) is 15.9 Å². The second kappa shape index (κ2) is 6.37. The lowest BCUT2D eigenvalue weighted by molar-refractivity contribution is 0.414. The maximum absolute atomic E-state index is 14.5. The lowest BCUT2D eigenvalue weighted by atomic mass is 10.1. The van der Waals surface area contributed by atoms with Crippen LogP contribution in [0.2, 0.25) is 5.02 Å². The second-order valence-electron chi connectivity index (χ2n) is 5.11. The first-order chi connectivity index (χ1) is 11.5. The van der Waals surface area contributed by atoms with E-state index in [0.29, 0.717) is 6.54 Å².